The first kappa shape index (κ1) is 12.8. The number of nitro groups is 1. The van der Waals surface area contributed by atoms with Crippen molar-refractivity contribution in [3.63, 3.8) is 0 Å². The average molecular weight is 295 g/mol. The van der Waals surface area contributed by atoms with Gasteiger partial charge in [0.2, 0.25) is 0 Å². The highest BCUT2D eigenvalue weighted by Crippen LogP contribution is 2.32. The van der Waals surface area contributed by atoms with Crippen LogP contribution in [0.1, 0.15) is 6.42 Å². The fourth-order valence-electron chi connectivity index (χ4n) is 2.12. The van der Waals surface area contributed by atoms with Gasteiger partial charge in [0.05, 0.1) is 15.1 Å². The van der Waals surface area contributed by atoms with E-state index in [9.17, 15) is 10.1 Å². The van der Waals surface area contributed by atoms with Crippen LogP contribution in [0.4, 0.5) is 5.69 Å². The van der Waals surface area contributed by atoms with Gasteiger partial charge in [-0.1, -0.05) is 11.8 Å². The molecular weight excluding hydrogens is 282 g/mol. The zero-order valence-electron chi connectivity index (χ0n) is 10.2. The third kappa shape index (κ3) is 2.88. The van der Waals surface area contributed by atoms with Crippen molar-refractivity contribution in [1.29, 1.82) is 0 Å². The lowest BCUT2D eigenvalue weighted by Gasteiger charge is -2.04. The van der Waals surface area contributed by atoms with Crippen molar-refractivity contribution < 1.29 is 4.92 Å². The minimum absolute atomic E-state index is 0.106. The SMILES string of the molecule is O=[N+]([O-])c1ccc2sc(SC[C@H]3CCNC3)nc2c1. The number of nitrogens with one attached hydrogen (secondary N) is 1. The number of non-ortho nitro benzene ring substituents is 1. The van der Waals surface area contributed by atoms with E-state index in [1.807, 2.05) is 0 Å². The van der Waals surface area contributed by atoms with Gasteiger partial charge in [0, 0.05) is 17.9 Å². The molecule has 2 aromatic rings. The standard InChI is InChI=1S/C12H13N3O2S2/c16-15(17)9-1-2-11-10(5-9)14-12(19-11)18-7-8-3-4-13-6-8/h1-2,5,8,13H,3-4,6-7H2/t8-/m0/s1. The highest BCUT2D eigenvalue weighted by Gasteiger charge is 2.16. The molecule has 1 saturated heterocycles. The van der Waals surface area contributed by atoms with Crippen LogP contribution in [0.15, 0.2) is 22.5 Å². The Bertz CT molecular complexity index is 608. The van der Waals surface area contributed by atoms with Crippen LogP contribution in [0, 0.1) is 16.0 Å². The molecule has 1 N–H and O–H groups in total. The van der Waals surface area contributed by atoms with Gasteiger partial charge >= 0.3 is 0 Å². The van der Waals surface area contributed by atoms with E-state index in [1.54, 1.807) is 35.2 Å². The highest BCUT2D eigenvalue weighted by molar-refractivity contribution is 8.01. The lowest BCUT2D eigenvalue weighted by Crippen LogP contribution is -2.10. The first-order valence-electron chi connectivity index (χ1n) is 6.11. The maximum absolute atomic E-state index is 10.7. The molecule has 0 radical (unpaired) electrons. The first-order chi connectivity index (χ1) is 9.22. The number of aromatic nitrogens is 1. The van der Waals surface area contributed by atoms with Crippen molar-refractivity contribution in [2.24, 2.45) is 5.92 Å². The van der Waals surface area contributed by atoms with Gasteiger partial charge in [-0.05, 0) is 31.5 Å². The fraction of sp³-hybridized carbons (Fsp3) is 0.417. The van der Waals surface area contributed by atoms with Crippen molar-refractivity contribution in [3.05, 3.63) is 28.3 Å². The molecule has 1 aliphatic rings. The second kappa shape index (κ2) is 5.44. The van der Waals surface area contributed by atoms with Crippen molar-refractivity contribution in [2.45, 2.75) is 10.8 Å². The van der Waals surface area contributed by atoms with Crippen LogP contribution < -0.4 is 5.32 Å². The summed E-state index contributed by atoms with van der Waals surface area (Å²) in [6.07, 6.45) is 1.23. The molecule has 2 heterocycles. The Balaban J connectivity index is 1.75. The molecule has 1 aromatic carbocycles. The summed E-state index contributed by atoms with van der Waals surface area (Å²) in [7, 11) is 0. The normalized spacial score (nSPS) is 19.1. The van der Waals surface area contributed by atoms with Gasteiger partial charge in [0.15, 0.2) is 4.34 Å². The Kier molecular flexibility index (Phi) is 3.67. The van der Waals surface area contributed by atoms with Crippen LogP contribution >= 0.6 is 23.1 Å². The maximum Gasteiger partial charge on any atom is 0.271 e. The van der Waals surface area contributed by atoms with E-state index in [2.05, 4.69) is 10.3 Å². The van der Waals surface area contributed by atoms with Gasteiger partial charge in [-0.3, -0.25) is 10.1 Å². The third-order valence-corrected chi connectivity index (χ3v) is 5.58. The lowest BCUT2D eigenvalue weighted by atomic mass is 10.2. The molecule has 0 spiro atoms. The molecule has 1 aromatic heterocycles. The smallest absolute Gasteiger partial charge is 0.271 e. The van der Waals surface area contributed by atoms with Crippen LogP contribution in [-0.4, -0.2) is 28.7 Å². The van der Waals surface area contributed by atoms with Gasteiger partial charge in [0.25, 0.3) is 5.69 Å². The number of benzene rings is 1. The Labute approximate surface area is 118 Å². The summed E-state index contributed by atoms with van der Waals surface area (Å²) >= 11 is 3.37. The number of nitrogens with zero attached hydrogens (tertiary/aromatic N) is 2. The molecule has 0 saturated carbocycles. The minimum Gasteiger partial charge on any atom is -0.316 e. The average Bonchev–Trinajstić information content (AvgIpc) is 3.04. The number of hydrogen-bond acceptors (Lipinski definition) is 6. The van der Waals surface area contributed by atoms with E-state index >= 15 is 0 Å². The number of rotatable bonds is 4. The zero-order chi connectivity index (χ0) is 13.2. The predicted octanol–water partition coefficient (Wildman–Crippen LogP) is 2.91. The van der Waals surface area contributed by atoms with E-state index in [0.29, 0.717) is 5.92 Å². The predicted molar refractivity (Wildman–Crippen MR) is 78.0 cm³/mol. The topological polar surface area (TPSA) is 68.1 Å². The summed E-state index contributed by atoms with van der Waals surface area (Å²) in [5, 5.41) is 14.1. The van der Waals surface area contributed by atoms with Crippen LogP contribution in [0.2, 0.25) is 0 Å². The van der Waals surface area contributed by atoms with Crippen molar-refractivity contribution in [1.82, 2.24) is 10.3 Å². The molecule has 0 bridgehead atoms. The molecule has 0 amide bonds. The van der Waals surface area contributed by atoms with Gasteiger partial charge in [-0.25, -0.2) is 4.98 Å². The molecule has 1 aliphatic heterocycles. The lowest BCUT2D eigenvalue weighted by molar-refractivity contribution is -0.384. The van der Waals surface area contributed by atoms with E-state index in [-0.39, 0.29) is 10.6 Å². The quantitative estimate of drug-likeness (QED) is 0.533. The van der Waals surface area contributed by atoms with Gasteiger partial charge in [-0.15, -0.1) is 11.3 Å². The molecule has 100 valence electrons. The molecule has 3 rings (SSSR count). The van der Waals surface area contributed by atoms with Crippen LogP contribution in [-0.2, 0) is 0 Å². The second-order valence-corrected chi connectivity index (χ2v) is 6.86. The van der Waals surface area contributed by atoms with Crippen molar-refractivity contribution in [2.75, 3.05) is 18.8 Å². The number of nitro benzene ring substituents is 1. The molecule has 1 fully saturated rings. The Morgan fingerprint density at radius 2 is 2.47 bits per heavy atom. The molecule has 19 heavy (non-hydrogen) atoms. The Morgan fingerprint density at radius 1 is 1.58 bits per heavy atom. The number of thioether (sulfide) groups is 1. The van der Waals surface area contributed by atoms with Crippen molar-refractivity contribution in [3.8, 4) is 0 Å². The van der Waals surface area contributed by atoms with E-state index < -0.39 is 0 Å². The minimum atomic E-state index is -0.379. The summed E-state index contributed by atoms with van der Waals surface area (Å²) in [6.45, 7) is 2.20. The van der Waals surface area contributed by atoms with Gasteiger partial charge < -0.3 is 5.32 Å². The summed E-state index contributed by atoms with van der Waals surface area (Å²) in [5.41, 5.74) is 0.834. The highest BCUT2D eigenvalue weighted by atomic mass is 32.2. The second-order valence-electron chi connectivity index (χ2n) is 4.56. The van der Waals surface area contributed by atoms with E-state index in [4.69, 9.17) is 0 Å². The van der Waals surface area contributed by atoms with E-state index in [1.165, 1.54) is 12.5 Å². The van der Waals surface area contributed by atoms with Crippen LogP contribution in [0.3, 0.4) is 0 Å². The monoisotopic (exact) mass is 295 g/mol. The third-order valence-electron chi connectivity index (χ3n) is 3.17. The van der Waals surface area contributed by atoms with Crippen LogP contribution in [0.5, 0.6) is 0 Å². The van der Waals surface area contributed by atoms with Crippen molar-refractivity contribution >= 4 is 39.0 Å². The summed E-state index contributed by atoms with van der Waals surface area (Å²) in [4.78, 5) is 14.8. The molecule has 7 heteroatoms. The van der Waals surface area contributed by atoms with Gasteiger partial charge in [-0.2, -0.15) is 0 Å². The first-order valence-corrected chi connectivity index (χ1v) is 7.91. The number of thiazole rings is 1. The molecule has 1 atom stereocenters. The summed E-state index contributed by atoms with van der Waals surface area (Å²) < 4.78 is 2.01. The fourth-order valence-corrected chi connectivity index (χ4v) is 4.33. The molecule has 0 unspecified atom stereocenters. The van der Waals surface area contributed by atoms with E-state index in [0.717, 1.165) is 33.4 Å². The summed E-state index contributed by atoms with van der Waals surface area (Å²) in [5.74, 6) is 1.78. The molecule has 0 aliphatic carbocycles. The zero-order valence-corrected chi connectivity index (χ0v) is 11.8. The summed E-state index contributed by atoms with van der Waals surface area (Å²) in [6, 6.07) is 4.87. The Morgan fingerprint density at radius 3 is 3.21 bits per heavy atom. The maximum atomic E-state index is 10.7. The number of hydrogen-bond donors (Lipinski definition) is 1. The molecule has 5 nitrogen and oxygen atoms in total. The molecular formula is C12H13N3O2S2. The Hall–Kier alpha value is -1.18. The van der Waals surface area contributed by atoms with Gasteiger partial charge in [0.1, 0.15) is 0 Å². The number of fused-ring (bicyclic) bond motifs is 1. The van der Waals surface area contributed by atoms with Crippen LogP contribution in [0.25, 0.3) is 10.2 Å². The largest absolute Gasteiger partial charge is 0.316 e.